The van der Waals surface area contributed by atoms with E-state index >= 15 is 0 Å². The molecule has 0 spiro atoms. The Labute approximate surface area is 124 Å². The van der Waals surface area contributed by atoms with E-state index in [1.165, 1.54) is 51.1 Å². The minimum Gasteiger partial charge on any atom is -0.242 e. The van der Waals surface area contributed by atoms with Gasteiger partial charge in [0.25, 0.3) is 0 Å². The molecule has 116 valence electrons. The summed E-state index contributed by atoms with van der Waals surface area (Å²) in [5.74, 6) is 0. The molecule has 1 aromatic carbocycles. The van der Waals surface area contributed by atoms with Crippen LogP contribution in [0.5, 0.6) is 0 Å². The number of alkyl halides is 3. The fraction of sp³-hybridized carbons (Fsp3) is 0.500. The van der Waals surface area contributed by atoms with E-state index in [4.69, 9.17) is 0 Å². The van der Waals surface area contributed by atoms with Crippen LogP contribution in [0.2, 0.25) is 0 Å². The Morgan fingerprint density at radius 3 is 1.95 bits per heavy atom. The molecule has 1 rings (SSSR count). The molecule has 3 nitrogen and oxygen atoms in total. The molecule has 0 aromatic heterocycles. The Morgan fingerprint density at radius 1 is 1.14 bits per heavy atom. The van der Waals surface area contributed by atoms with Crippen molar-refractivity contribution < 1.29 is 17.4 Å². The quantitative estimate of drug-likeness (QED) is 0.929. The first-order chi connectivity index (χ1) is 9.44. The van der Waals surface area contributed by atoms with Gasteiger partial charge in [0, 0.05) is 0 Å². The lowest BCUT2D eigenvalue weighted by Crippen LogP contribution is -2.56. The predicted octanol–water partition coefficient (Wildman–Crippen LogP) is 3.33. The van der Waals surface area contributed by atoms with E-state index in [1.54, 1.807) is 6.92 Å². The average molecular weight is 318 g/mol. The van der Waals surface area contributed by atoms with Crippen molar-refractivity contribution in [3.63, 3.8) is 0 Å². The van der Waals surface area contributed by atoms with Gasteiger partial charge in [-0.3, -0.25) is 0 Å². The third kappa shape index (κ3) is 3.63. The molecule has 0 bridgehead atoms. The maximum absolute atomic E-state index is 13.5. The van der Waals surface area contributed by atoms with Crippen LogP contribution < -0.4 is 4.72 Å². The number of halogens is 3. The highest BCUT2D eigenvalue weighted by Gasteiger charge is 2.58. The molecule has 0 radical (unpaired) electrons. The zero-order valence-corrected chi connectivity index (χ0v) is 13.0. The van der Waals surface area contributed by atoms with E-state index in [-0.39, 0.29) is 5.56 Å². The Balaban J connectivity index is 3.41. The lowest BCUT2D eigenvalue weighted by Gasteiger charge is -2.32. The number of nitriles is 1. The molecule has 21 heavy (non-hydrogen) atoms. The van der Waals surface area contributed by atoms with Gasteiger partial charge in [0.1, 0.15) is 6.07 Å². The number of rotatable bonds is 3. The molecule has 0 saturated carbocycles. The normalized spacial score (nSPS) is 16.9. The number of nitrogens with one attached hydrogen (secondary N) is 1. The summed E-state index contributed by atoms with van der Waals surface area (Å²) in [5, 5.41) is 9.18. The molecular formula is C14H17F3N2OS. The van der Waals surface area contributed by atoms with Crippen LogP contribution in [0, 0.1) is 18.3 Å². The molecule has 0 fully saturated rings. The van der Waals surface area contributed by atoms with Gasteiger partial charge in [-0.05, 0) is 33.3 Å². The number of hydrogen-bond acceptors (Lipinski definition) is 2. The summed E-state index contributed by atoms with van der Waals surface area (Å²) >= 11 is 0. The average Bonchev–Trinajstić information content (AvgIpc) is 2.34. The fourth-order valence-electron chi connectivity index (χ4n) is 1.53. The first-order valence-corrected chi connectivity index (χ1v) is 7.34. The van der Waals surface area contributed by atoms with Crippen molar-refractivity contribution in [1.29, 1.82) is 5.26 Å². The molecule has 1 aromatic rings. The lowest BCUT2D eigenvalue weighted by molar-refractivity contribution is -0.176. The van der Waals surface area contributed by atoms with Crippen molar-refractivity contribution in [3.8, 4) is 6.07 Å². The summed E-state index contributed by atoms with van der Waals surface area (Å²) in [6.07, 6.45) is -4.90. The van der Waals surface area contributed by atoms with Crippen LogP contribution in [0.1, 0.15) is 31.9 Å². The van der Waals surface area contributed by atoms with Crippen molar-refractivity contribution in [3.05, 3.63) is 35.4 Å². The third-order valence-corrected chi connectivity index (χ3v) is 4.48. The number of hydrogen-bond donors (Lipinski definition) is 1. The van der Waals surface area contributed by atoms with Crippen molar-refractivity contribution in [2.75, 3.05) is 0 Å². The second-order valence-electron chi connectivity index (χ2n) is 5.71. The number of benzene rings is 1. The summed E-state index contributed by atoms with van der Waals surface area (Å²) in [4.78, 5) is 0. The topological polar surface area (TPSA) is 52.9 Å². The summed E-state index contributed by atoms with van der Waals surface area (Å²) in [6, 6.07) is 6.67. The molecule has 1 N–H and O–H groups in total. The van der Waals surface area contributed by atoms with Gasteiger partial charge >= 0.3 is 6.18 Å². The van der Waals surface area contributed by atoms with Crippen molar-refractivity contribution in [2.24, 2.45) is 0 Å². The van der Waals surface area contributed by atoms with Gasteiger partial charge in [0.2, 0.25) is 5.54 Å². The zero-order valence-electron chi connectivity index (χ0n) is 12.2. The van der Waals surface area contributed by atoms with Gasteiger partial charge in [-0.1, -0.05) is 29.8 Å². The summed E-state index contributed by atoms with van der Waals surface area (Å²) in [7, 11) is -2.05. The minimum atomic E-state index is -4.90. The Hall–Kier alpha value is -1.39. The van der Waals surface area contributed by atoms with Gasteiger partial charge in [0.15, 0.2) is 0 Å². The largest absolute Gasteiger partial charge is 0.425 e. The molecular weight excluding hydrogens is 301 g/mol. The van der Waals surface area contributed by atoms with Crippen LogP contribution in [0.3, 0.4) is 0 Å². The monoisotopic (exact) mass is 318 g/mol. The Bertz CT molecular complexity index is 570. The van der Waals surface area contributed by atoms with Crippen LogP contribution in [0.15, 0.2) is 24.3 Å². The first-order valence-electron chi connectivity index (χ1n) is 6.19. The Kier molecular flexibility index (Phi) is 4.86. The molecule has 0 aliphatic rings. The Morgan fingerprint density at radius 2 is 1.62 bits per heavy atom. The highest BCUT2D eigenvalue weighted by atomic mass is 32.2. The highest BCUT2D eigenvalue weighted by molar-refractivity contribution is 7.84. The maximum Gasteiger partial charge on any atom is 0.425 e. The van der Waals surface area contributed by atoms with E-state index < -0.39 is 27.4 Å². The van der Waals surface area contributed by atoms with Crippen LogP contribution in [0.4, 0.5) is 13.2 Å². The number of aryl methyl sites for hydroxylation is 1. The number of nitrogens with zero attached hydrogens (tertiary/aromatic N) is 1. The van der Waals surface area contributed by atoms with Crippen LogP contribution >= 0.6 is 0 Å². The maximum atomic E-state index is 13.5. The van der Waals surface area contributed by atoms with E-state index in [0.717, 1.165) is 5.56 Å². The molecule has 0 aliphatic heterocycles. The lowest BCUT2D eigenvalue weighted by atomic mass is 9.91. The smallest absolute Gasteiger partial charge is 0.242 e. The SMILES string of the molecule is Cc1ccc([C@@](C#N)(NS(=O)C(C)(C)C)C(F)(F)F)cc1. The van der Waals surface area contributed by atoms with Crippen molar-refractivity contribution in [2.45, 2.75) is 44.2 Å². The van der Waals surface area contributed by atoms with Crippen molar-refractivity contribution in [1.82, 2.24) is 4.72 Å². The van der Waals surface area contributed by atoms with Gasteiger partial charge in [0.05, 0.1) is 15.7 Å². The molecule has 7 heteroatoms. The van der Waals surface area contributed by atoms with Gasteiger partial charge < -0.3 is 0 Å². The molecule has 0 aliphatic carbocycles. The summed E-state index contributed by atoms with van der Waals surface area (Å²) in [6.45, 7) is 6.32. The van der Waals surface area contributed by atoms with Gasteiger partial charge in [-0.25, -0.2) is 8.93 Å². The molecule has 0 saturated heterocycles. The third-order valence-electron chi connectivity index (χ3n) is 2.88. The van der Waals surface area contributed by atoms with Crippen LogP contribution in [-0.4, -0.2) is 15.1 Å². The van der Waals surface area contributed by atoms with E-state index in [2.05, 4.69) is 0 Å². The zero-order chi connectivity index (χ0) is 16.5. The van der Waals surface area contributed by atoms with E-state index in [0.29, 0.717) is 0 Å². The molecule has 2 atom stereocenters. The van der Waals surface area contributed by atoms with Crippen LogP contribution in [0.25, 0.3) is 0 Å². The molecule has 0 amide bonds. The van der Waals surface area contributed by atoms with Gasteiger partial charge in [-0.2, -0.15) is 18.4 Å². The molecule has 1 unspecified atom stereocenters. The summed E-state index contributed by atoms with van der Waals surface area (Å²) in [5.41, 5.74) is -2.51. The van der Waals surface area contributed by atoms with Crippen LogP contribution in [-0.2, 0) is 16.5 Å². The molecule has 0 heterocycles. The van der Waals surface area contributed by atoms with Gasteiger partial charge in [-0.15, -0.1) is 0 Å². The fourth-order valence-corrected chi connectivity index (χ4v) is 2.39. The second kappa shape index (κ2) is 5.78. The van der Waals surface area contributed by atoms with E-state index in [9.17, 15) is 22.6 Å². The van der Waals surface area contributed by atoms with E-state index in [1.807, 2.05) is 4.72 Å². The standard InChI is InChI=1S/C14H17F3N2OS/c1-10-5-7-11(8-6-10)13(9-18,14(15,16)17)19-21(20)12(2,3)4/h5-8,19H,1-4H3/t13-,21?/m1/s1. The summed E-state index contributed by atoms with van der Waals surface area (Å²) < 4.78 is 53.6. The predicted molar refractivity (Wildman–Crippen MR) is 75.6 cm³/mol. The highest BCUT2D eigenvalue weighted by Crippen LogP contribution is 2.39. The first kappa shape index (κ1) is 17.7. The van der Waals surface area contributed by atoms with Crippen molar-refractivity contribution >= 4 is 11.0 Å². The minimum absolute atomic E-state index is 0.277. The second-order valence-corrected chi connectivity index (χ2v) is 7.68.